The fraction of sp³-hybridized carbons (Fsp3) is 0.250. The van der Waals surface area contributed by atoms with E-state index < -0.39 is 0 Å². The van der Waals surface area contributed by atoms with Gasteiger partial charge < -0.3 is 12.6 Å². The van der Waals surface area contributed by atoms with Crippen LogP contribution in [0.15, 0.2) is 10.5 Å². The van der Waals surface area contributed by atoms with Crippen molar-refractivity contribution in [3.05, 3.63) is 22.5 Å². The van der Waals surface area contributed by atoms with Crippen LogP contribution in [0.2, 0.25) is 0 Å². The van der Waals surface area contributed by atoms with Crippen molar-refractivity contribution in [3.63, 3.8) is 0 Å². The molecule has 0 unspecified atom stereocenters. The van der Waals surface area contributed by atoms with Crippen molar-refractivity contribution in [1.82, 2.24) is 3.11 Å². The van der Waals surface area contributed by atoms with E-state index in [9.17, 15) is 0 Å². The van der Waals surface area contributed by atoms with Gasteiger partial charge in [-0.15, -0.1) is 0 Å². The van der Waals surface area contributed by atoms with Gasteiger partial charge in [-0.1, -0.05) is 0 Å². The minimum Gasteiger partial charge on any atom is -0.459 e. The average molecular weight is 289 g/mol. The lowest BCUT2D eigenvalue weighted by molar-refractivity contribution is 0.244. The molecule has 0 saturated carbocycles. The molecule has 5 heteroatoms. The lowest BCUT2D eigenvalue weighted by Crippen LogP contribution is -2.32. The van der Waals surface area contributed by atoms with E-state index in [1.165, 1.54) is 5.47 Å². The Labute approximate surface area is 90.6 Å². The predicted molar refractivity (Wildman–Crippen MR) is 61.0 cm³/mol. The summed E-state index contributed by atoms with van der Waals surface area (Å²) < 4.78 is 7.54. The first-order valence-electron chi connectivity index (χ1n) is 4.04. The molecule has 1 aromatic rings. The second-order valence-corrected chi connectivity index (χ2v) is 4.36. The van der Waals surface area contributed by atoms with Crippen LogP contribution in [0, 0.1) is 0 Å². The fourth-order valence-corrected chi connectivity index (χ4v) is 2.27. The van der Waals surface area contributed by atoms with Gasteiger partial charge in [-0.05, 0) is 11.5 Å². The zero-order chi connectivity index (χ0) is 9.42. The lowest BCUT2D eigenvalue weighted by atomic mass is 9.94. The van der Waals surface area contributed by atoms with Gasteiger partial charge in [0.1, 0.15) is 25.6 Å². The first-order chi connectivity index (χ1) is 6.20. The largest absolute Gasteiger partial charge is 0.459 e. The Hall–Kier alpha value is -0.425. The molecule has 3 nitrogen and oxygen atoms in total. The summed E-state index contributed by atoms with van der Waals surface area (Å²) in [6, 6.07) is 1.88. The van der Waals surface area contributed by atoms with E-state index in [4.69, 9.17) is 9.52 Å². The molecule has 68 valence electrons. The van der Waals surface area contributed by atoms with Crippen molar-refractivity contribution in [2.75, 3.05) is 6.54 Å². The molecule has 1 N–H and O–H groups in total. The van der Waals surface area contributed by atoms with Crippen molar-refractivity contribution in [2.24, 2.45) is 0 Å². The Kier molecular flexibility index (Phi) is 2.38. The van der Waals surface area contributed by atoms with E-state index in [1.54, 1.807) is 0 Å². The lowest BCUT2D eigenvalue weighted by Gasteiger charge is -2.13. The molecule has 0 aliphatic carbocycles. The average Bonchev–Trinajstić information content (AvgIpc) is 2.47. The number of halogens is 1. The number of aliphatic hydroxyl groups excluding tert-OH is 1. The van der Waals surface area contributed by atoms with E-state index in [2.05, 4.69) is 26.0 Å². The van der Waals surface area contributed by atoms with Crippen LogP contribution in [0.4, 0.5) is 0 Å². The molecule has 2 rings (SSSR count). The van der Waals surface area contributed by atoms with Gasteiger partial charge in [0.05, 0.1) is 22.9 Å². The third-order valence-corrected chi connectivity index (χ3v) is 2.64. The molecule has 1 aliphatic rings. The van der Waals surface area contributed by atoms with E-state index in [0.29, 0.717) is 5.76 Å². The molecule has 1 aromatic heterocycles. The summed E-state index contributed by atoms with van der Waals surface area (Å²) in [5.41, 5.74) is 2.11. The van der Waals surface area contributed by atoms with Crippen LogP contribution in [0.25, 0.3) is 11.7 Å². The number of nitrogens with zero attached hydrogens (tertiary/aromatic N) is 1. The molecule has 0 fully saturated rings. The summed E-state index contributed by atoms with van der Waals surface area (Å²) >= 11 is 2.24. The van der Waals surface area contributed by atoms with Crippen LogP contribution in [-0.2, 0) is 6.61 Å². The summed E-state index contributed by atoms with van der Waals surface area (Å²) in [5, 5.41) is 9.96. The maximum Gasteiger partial charge on any atom is 0.141 e. The topological polar surface area (TPSA) is 36.6 Å². The first kappa shape index (κ1) is 9.14. The smallest absolute Gasteiger partial charge is 0.141 e. The Morgan fingerprint density at radius 1 is 1.69 bits per heavy atom. The van der Waals surface area contributed by atoms with Gasteiger partial charge >= 0.3 is 0 Å². The van der Waals surface area contributed by atoms with Gasteiger partial charge in [-0.2, -0.15) is 0 Å². The fourth-order valence-electron chi connectivity index (χ4n) is 1.46. The molecule has 0 radical (unpaired) electrons. The predicted octanol–water partition coefficient (Wildman–Crippen LogP) is -1.08. The van der Waals surface area contributed by atoms with Gasteiger partial charge in [-0.25, -0.2) is 0 Å². The number of aliphatic hydroxyl groups is 1. The van der Waals surface area contributed by atoms with Crippen LogP contribution in [-0.4, -0.2) is 22.6 Å². The zero-order valence-electron chi connectivity index (χ0n) is 7.25. The molecule has 13 heavy (non-hydrogen) atoms. The molecule has 0 aromatic carbocycles. The quantitative estimate of drug-likeness (QED) is 0.406. The highest BCUT2D eigenvalue weighted by Gasteiger charge is 2.08. The molecule has 0 atom stereocenters. The SMILES string of the molecule is BC1=c2oc(CO)cc2=CN(I)C1. The number of hydrogen-bond acceptors (Lipinski definition) is 3. The van der Waals surface area contributed by atoms with Crippen LogP contribution < -0.4 is 10.6 Å². The second-order valence-electron chi connectivity index (χ2n) is 3.12. The molecule has 0 amide bonds. The number of rotatable bonds is 1. The number of furan rings is 1. The number of hydrogen-bond donors (Lipinski definition) is 1. The maximum absolute atomic E-state index is 8.91. The van der Waals surface area contributed by atoms with Gasteiger partial charge in [0.2, 0.25) is 0 Å². The molecule has 2 heterocycles. The van der Waals surface area contributed by atoms with Crippen molar-refractivity contribution in [3.8, 4) is 0 Å². The summed E-state index contributed by atoms with van der Waals surface area (Å²) in [6.45, 7) is 0.849. The zero-order valence-corrected chi connectivity index (χ0v) is 9.41. The van der Waals surface area contributed by atoms with Crippen LogP contribution in [0.5, 0.6) is 0 Å². The van der Waals surface area contributed by atoms with Gasteiger partial charge in [0.25, 0.3) is 0 Å². The Bertz CT molecular complexity index is 439. The van der Waals surface area contributed by atoms with Gasteiger partial charge in [-0.3, -0.25) is 0 Å². The van der Waals surface area contributed by atoms with E-state index >= 15 is 0 Å². The van der Waals surface area contributed by atoms with Crippen molar-refractivity contribution in [1.29, 1.82) is 0 Å². The van der Waals surface area contributed by atoms with Gasteiger partial charge in [0.15, 0.2) is 0 Å². The third kappa shape index (κ3) is 1.62. The maximum atomic E-state index is 8.91. The molecular formula is C8H9BINO2. The molecule has 0 spiro atoms. The summed E-state index contributed by atoms with van der Waals surface area (Å²) in [5.74, 6) is 0.632. The van der Waals surface area contributed by atoms with Crippen LogP contribution >= 0.6 is 22.9 Å². The molecule has 0 bridgehead atoms. The third-order valence-electron chi connectivity index (χ3n) is 2.02. The molecular weight excluding hydrogens is 280 g/mol. The van der Waals surface area contributed by atoms with Gasteiger partial charge in [0, 0.05) is 18.0 Å². The molecule has 1 aliphatic heterocycles. The number of fused-ring (bicyclic) bond motifs is 1. The Morgan fingerprint density at radius 2 is 2.46 bits per heavy atom. The highest BCUT2D eigenvalue weighted by molar-refractivity contribution is 14.1. The van der Waals surface area contributed by atoms with Crippen LogP contribution in [0.3, 0.4) is 0 Å². The summed E-state index contributed by atoms with van der Waals surface area (Å²) in [4.78, 5) is 0. The Morgan fingerprint density at radius 3 is 3.15 bits per heavy atom. The van der Waals surface area contributed by atoms with Crippen molar-refractivity contribution < 1.29 is 9.52 Å². The highest BCUT2D eigenvalue weighted by atomic mass is 127. The van der Waals surface area contributed by atoms with E-state index in [1.807, 2.05) is 20.1 Å². The van der Waals surface area contributed by atoms with Crippen molar-refractivity contribution >= 4 is 42.4 Å². The minimum absolute atomic E-state index is 0.0324. The monoisotopic (exact) mass is 289 g/mol. The first-order valence-corrected chi connectivity index (χ1v) is 5.01. The normalized spacial score (nSPS) is 15.5. The van der Waals surface area contributed by atoms with Crippen molar-refractivity contribution in [2.45, 2.75) is 6.61 Å². The van der Waals surface area contributed by atoms with E-state index in [-0.39, 0.29) is 6.61 Å². The van der Waals surface area contributed by atoms with Crippen LogP contribution in [0.1, 0.15) is 5.76 Å². The summed E-state index contributed by atoms with van der Waals surface area (Å²) in [7, 11) is 2.04. The molecule has 0 saturated heterocycles. The minimum atomic E-state index is -0.0324. The highest BCUT2D eigenvalue weighted by Crippen LogP contribution is 2.06. The Balaban J connectivity index is 2.69. The van der Waals surface area contributed by atoms with E-state index in [0.717, 1.165) is 17.2 Å². The standard InChI is InChI=1S/C8H9BINO2/c9-7-3-11(10)2-5-1-6(4-12)13-8(5)7/h1-2,12H,3-4,9H2. The summed E-state index contributed by atoms with van der Waals surface area (Å²) in [6.07, 6.45) is 2.02. The second kappa shape index (κ2) is 3.38.